The number of benzene rings is 2. The minimum absolute atomic E-state index is 0.0666. The normalized spacial score (nSPS) is 20.4. The van der Waals surface area contributed by atoms with Crippen LogP contribution in [0.1, 0.15) is 48.8 Å². The van der Waals surface area contributed by atoms with Crippen LogP contribution in [0.15, 0.2) is 72.9 Å². The number of nitrogens with one attached hydrogen (secondary N) is 1. The van der Waals surface area contributed by atoms with E-state index in [2.05, 4.69) is 39.5 Å². The molecular weight excluding hydrogens is 461 g/mol. The predicted octanol–water partition coefficient (Wildman–Crippen LogP) is 6.07. The fourth-order valence-electron chi connectivity index (χ4n) is 5.64. The highest BCUT2D eigenvalue weighted by Gasteiger charge is 2.23. The Morgan fingerprint density at radius 3 is 2.51 bits per heavy atom. The Balaban J connectivity index is 1.03. The Labute approximate surface area is 219 Å². The van der Waals surface area contributed by atoms with E-state index in [1.54, 1.807) is 24.3 Å². The van der Waals surface area contributed by atoms with Crippen LogP contribution in [0, 0.1) is 11.7 Å². The molecule has 3 aromatic rings. The van der Waals surface area contributed by atoms with Crippen molar-refractivity contribution in [3.63, 3.8) is 0 Å². The topological polar surface area (TPSA) is 45.2 Å². The van der Waals surface area contributed by atoms with E-state index >= 15 is 0 Å². The number of rotatable bonds is 7. The molecule has 1 aliphatic carbocycles. The first-order valence-electron chi connectivity index (χ1n) is 13.6. The first-order valence-corrected chi connectivity index (χ1v) is 13.6. The van der Waals surface area contributed by atoms with Gasteiger partial charge in [-0.05, 0) is 111 Å². The Morgan fingerprint density at radius 2 is 1.76 bits per heavy atom. The van der Waals surface area contributed by atoms with Gasteiger partial charge in [-0.2, -0.15) is 0 Å². The minimum Gasteiger partial charge on any atom is -0.350 e. The Kier molecular flexibility index (Phi) is 8.42. The maximum atomic E-state index is 13.0. The van der Waals surface area contributed by atoms with E-state index < -0.39 is 0 Å². The van der Waals surface area contributed by atoms with E-state index in [-0.39, 0.29) is 17.8 Å². The summed E-state index contributed by atoms with van der Waals surface area (Å²) in [6.07, 6.45) is 13.0. The summed E-state index contributed by atoms with van der Waals surface area (Å²) in [6.45, 7) is 3.40. The number of carbonyl (C=O) groups excluding carboxylic acids is 1. The second-order valence-corrected chi connectivity index (χ2v) is 10.4. The van der Waals surface area contributed by atoms with Crippen LogP contribution in [0.4, 0.5) is 4.39 Å². The number of amides is 1. The van der Waals surface area contributed by atoms with Gasteiger partial charge >= 0.3 is 0 Å². The number of carbonyl (C=O) groups is 1. The van der Waals surface area contributed by atoms with Crippen molar-refractivity contribution in [2.75, 3.05) is 19.6 Å². The average Bonchev–Trinajstić information content (AvgIpc) is 3.15. The zero-order valence-electron chi connectivity index (χ0n) is 21.4. The van der Waals surface area contributed by atoms with Crippen molar-refractivity contribution in [1.82, 2.24) is 15.2 Å². The molecule has 2 heterocycles. The molecule has 192 valence electrons. The molecule has 1 saturated carbocycles. The first-order chi connectivity index (χ1) is 18.1. The molecule has 1 amide bonds. The van der Waals surface area contributed by atoms with Gasteiger partial charge in [-0.3, -0.25) is 9.78 Å². The van der Waals surface area contributed by atoms with Crippen molar-refractivity contribution < 1.29 is 9.18 Å². The lowest BCUT2D eigenvalue weighted by molar-refractivity contribution is -0.117. The number of pyridine rings is 1. The summed E-state index contributed by atoms with van der Waals surface area (Å²) in [4.78, 5) is 19.5. The summed E-state index contributed by atoms with van der Waals surface area (Å²) >= 11 is 0. The van der Waals surface area contributed by atoms with Crippen LogP contribution < -0.4 is 5.32 Å². The summed E-state index contributed by atoms with van der Waals surface area (Å²) in [6, 6.07) is 19.3. The Morgan fingerprint density at radius 1 is 0.973 bits per heavy atom. The fourth-order valence-corrected chi connectivity index (χ4v) is 5.64. The second kappa shape index (κ2) is 12.3. The number of halogens is 1. The number of hydrogen-bond acceptors (Lipinski definition) is 3. The molecular formula is C32H36FN3O. The standard InChI is InChI=1S/C32H36FN3O/c33-29-11-4-24(5-12-29)8-15-32(37)35-30-13-6-25(7-14-30)16-20-36-21-17-26-9-10-28(23-27(26)18-22-36)31-3-1-2-19-34-31/h1-5,8-12,15,19,23,25,30H,6-7,13-14,16-18,20-22H2,(H,35,37)/b15-8+. The zero-order valence-corrected chi connectivity index (χ0v) is 21.4. The van der Waals surface area contributed by atoms with Crippen LogP contribution in [0.5, 0.6) is 0 Å². The lowest BCUT2D eigenvalue weighted by atomic mass is 9.84. The predicted molar refractivity (Wildman–Crippen MR) is 147 cm³/mol. The molecule has 0 spiro atoms. The van der Waals surface area contributed by atoms with E-state index in [4.69, 9.17) is 0 Å². The number of hydrogen-bond donors (Lipinski definition) is 1. The van der Waals surface area contributed by atoms with Gasteiger partial charge in [0, 0.05) is 37.0 Å². The average molecular weight is 498 g/mol. The van der Waals surface area contributed by atoms with Gasteiger partial charge < -0.3 is 10.2 Å². The molecule has 0 unspecified atom stereocenters. The largest absolute Gasteiger partial charge is 0.350 e. The van der Waals surface area contributed by atoms with Crippen molar-refractivity contribution in [2.24, 2.45) is 5.92 Å². The van der Waals surface area contributed by atoms with Gasteiger partial charge in [0.15, 0.2) is 0 Å². The molecule has 0 bridgehead atoms. The molecule has 1 fully saturated rings. The van der Waals surface area contributed by atoms with E-state index in [1.165, 1.54) is 48.1 Å². The maximum absolute atomic E-state index is 13.0. The molecule has 2 aliphatic rings. The van der Waals surface area contributed by atoms with Crippen LogP contribution in [-0.2, 0) is 17.6 Å². The Hall–Kier alpha value is -3.31. The third-order valence-corrected chi connectivity index (χ3v) is 7.91. The van der Waals surface area contributed by atoms with Crippen LogP contribution in [0.25, 0.3) is 17.3 Å². The molecule has 2 aromatic carbocycles. The smallest absolute Gasteiger partial charge is 0.244 e. The van der Waals surface area contributed by atoms with Gasteiger partial charge in [-0.1, -0.05) is 30.3 Å². The molecule has 5 rings (SSSR count). The van der Waals surface area contributed by atoms with Crippen LogP contribution in [-0.4, -0.2) is 41.5 Å². The molecule has 4 nitrogen and oxygen atoms in total. The minimum atomic E-state index is -0.269. The molecule has 1 aliphatic heterocycles. The molecule has 1 aromatic heterocycles. The van der Waals surface area contributed by atoms with Crippen molar-refractivity contribution in [3.05, 3.63) is 95.4 Å². The highest BCUT2D eigenvalue weighted by molar-refractivity contribution is 5.91. The van der Waals surface area contributed by atoms with Gasteiger partial charge in [-0.15, -0.1) is 0 Å². The lowest BCUT2D eigenvalue weighted by Crippen LogP contribution is -2.37. The second-order valence-electron chi connectivity index (χ2n) is 10.4. The van der Waals surface area contributed by atoms with Gasteiger partial charge in [-0.25, -0.2) is 4.39 Å². The maximum Gasteiger partial charge on any atom is 0.244 e. The molecule has 1 N–H and O–H groups in total. The van der Waals surface area contributed by atoms with Crippen molar-refractivity contribution in [1.29, 1.82) is 0 Å². The van der Waals surface area contributed by atoms with Gasteiger partial charge in [0.2, 0.25) is 5.91 Å². The summed E-state index contributed by atoms with van der Waals surface area (Å²) < 4.78 is 13.0. The summed E-state index contributed by atoms with van der Waals surface area (Å²) in [5.74, 6) is 0.405. The monoisotopic (exact) mass is 497 g/mol. The zero-order chi connectivity index (χ0) is 25.5. The van der Waals surface area contributed by atoms with Crippen LogP contribution in [0.3, 0.4) is 0 Å². The molecule has 0 atom stereocenters. The highest BCUT2D eigenvalue weighted by Crippen LogP contribution is 2.28. The molecule has 37 heavy (non-hydrogen) atoms. The molecule has 5 heteroatoms. The highest BCUT2D eigenvalue weighted by atomic mass is 19.1. The Bertz CT molecular complexity index is 1200. The lowest BCUT2D eigenvalue weighted by Gasteiger charge is -2.30. The van der Waals surface area contributed by atoms with Gasteiger partial charge in [0.1, 0.15) is 5.82 Å². The fraction of sp³-hybridized carbons (Fsp3) is 0.375. The quantitative estimate of drug-likeness (QED) is 0.403. The van der Waals surface area contributed by atoms with E-state index in [0.29, 0.717) is 0 Å². The van der Waals surface area contributed by atoms with Crippen molar-refractivity contribution in [2.45, 2.75) is 51.0 Å². The van der Waals surface area contributed by atoms with Gasteiger partial charge in [0.25, 0.3) is 0 Å². The van der Waals surface area contributed by atoms with E-state index in [0.717, 1.165) is 62.5 Å². The number of aromatic nitrogens is 1. The summed E-state index contributed by atoms with van der Waals surface area (Å²) in [5.41, 5.74) is 6.03. The number of fused-ring (bicyclic) bond motifs is 1. The van der Waals surface area contributed by atoms with Crippen LogP contribution in [0.2, 0.25) is 0 Å². The SMILES string of the molecule is O=C(/C=C/c1ccc(F)cc1)NC1CCC(CCN2CCc3ccc(-c4ccccn4)cc3CC2)CC1. The third-order valence-electron chi connectivity index (χ3n) is 7.91. The first kappa shape index (κ1) is 25.3. The van der Waals surface area contributed by atoms with E-state index in [1.807, 2.05) is 18.3 Å². The van der Waals surface area contributed by atoms with Gasteiger partial charge in [0.05, 0.1) is 5.69 Å². The third kappa shape index (κ3) is 7.14. The molecule has 0 radical (unpaired) electrons. The molecule has 0 saturated heterocycles. The van der Waals surface area contributed by atoms with Crippen molar-refractivity contribution >= 4 is 12.0 Å². The summed E-state index contributed by atoms with van der Waals surface area (Å²) in [7, 11) is 0. The van der Waals surface area contributed by atoms with Crippen LogP contribution >= 0.6 is 0 Å². The van der Waals surface area contributed by atoms with Crippen molar-refractivity contribution in [3.8, 4) is 11.3 Å². The number of nitrogens with zero attached hydrogens (tertiary/aromatic N) is 2. The van der Waals surface area contributed by atoms with E-state index in [9.17, 15) is 9.18 Å². The summed E-state index contributed by atoms with van der Waals surface area (Å²) in [5, 5.41) is 3.15.